The highest BCUT2D eigenvalue weighted by molar-refractivity contribution is 6.42. The van der Waals surface area contributed by atoms with Gasteiger partial charge in [0, 0.05) is 6.42 Å². The summed E-state index contributed by atoms with van der Waals surface area (Å²) in [5, 5.41) is 10.9. The number of halogens is 1. The fourth-order valence-electron chi connectivity index (χ4n) is 6.66. The Morgan fingerprint density at radius 3 is 2.68 bits per heavy atom. The molecule has 2 unspecified atom stereocenters. The van der Waals surface area contributed by atoms with Crippen LogP contribution in [0.25, 0.3) is 0 Å². The SMILES string of the molecule is C[C@]12C=C(Cl)C(=O)CC1CC[C@@H]1[C@H]2CC[C@]2(C)C(O)CC[C@@H]12. The van der Waals surface area contributed by atoms with Crippen LogP contribution >= 0.6 is 11.6 Å². The van der Waals surface area contributed by atoms with Crippen molar-refractivity contribution in [1.29, 1.82) is 0 Å². The molecule has 22 heavy (non-hydrogen) atoms. The van der Waals surface area contributed by atoms with Gasteiger partial charge < -0.3 is 5.11 Å². The zero-order chi connectivity index (χ0) is 15.7. The van der Waals surface area contributed by atoms with Gasteiger partial charge in [0.25, 0.3) is 0 Å². The van der Waals surface area contributed by atoms with E-state index in [0.717, 1.165) is 19.3 Å². The molecule has 4 aliphatic carbocycles. The predicted octanol–water partition coefficient (Wildman–Crippen LogP) is 4.30. The van der Waals surface area contributed by atoms with E-state index in [0.29, 0.717) is 35.1 Å². The van der Waals surface area contributed by atoms with Gasteiger partial charge >= 0.3 is 0 Å². The number of aliphatic hydroxyl groups is 1. The average molecular weight is 323 g/mol. The molecule has 0 saturated heterocycles. The van der Waals surface area contributed by atoms with Crippen LogP contribution in [0.2, 0.25) is 0 Å². The maximum atomic E-state index is 12.0. The van der Waals surface area contributed by atoms with E-state index >= 15 is 0 Å². The first kappa shape index (κ1) is 15.2. The van der Waals surface area contributed by atoms with E-state index in [1.54, 1.807) is 0 Å². The summed E-state index contributed by atoms with van der Waals surface area (Å²) in [6.07, 6.45) is 9.46. The number of allylic oxidation sites excluding steroid dienone is 2. The van der Waals surface area contributed by atoms with Gasteiger partial charge in [0.1, 0.15) is 0 Å². The lowest BCUT2D eigenvalue weighted by Gasteiger charge is -2.58. The normalized spacial score (nSPS) is 54.3. The molecule has 0 amide bonds. The van der Waals surface area contributed by atoms with Gasteiger partial charge in [0.15, 0.2) is 5.78 Å². The van der Waals surface area contributed by atoms with Crippen molar-refractivity contribution >= 4 is 17.4 Å². The van der Waals surface area contributed by atoms with E-state index in [2.05, 4.69) is 19.9 Å². The standard InChI is InChI=1S/C19H27ClO2/c1-18-8-7-14-12(13(18)5-6-17(18)22)4-3-11-9-16(21)15(20)10-19(11,14)2/h10-14,17,22H,3-9H2,1-2H3/t11?,12-,13-,14+,17?,18-,19-/m0/s1. The number of fused-ring (bicyclic) bond motifs is 5. The number of carbonyl (C=O) groups excluding carboxylic acids is 1. The van der Waals surface area contributed by atoms with Crippen molar-refractivity contribution in [2.45, 2.75) is 64.9 Å². The van der Waals surface area contributed by atoms with Crippen molar-refractivity contribution in [3.8, 4) is 0 Å². The van der Waals surface area contributed by atoms with E-state index in [-0.39, 0.29) is 22.7 Å². The Balaban J connectivity index is 1.70. The van der Waals surface area contributed by atoms with E-state index in [4.69, 9.17) is 11.6 Å². The van der Waals surface area contributed by atoms with Crippen molar-refractivity contribution in [1.82, 2.24) is 0 Å². The van der Waals surface area contributed by atoms with Crippen molar-refractivity contribution in [2.75, 3.05) is 0 Å². The molecule has 3 saturated carbocycles. The fourth-order valence-corrected chi connectivity index (χ4v) is 6.98. The molecule has 122 valence electrons. The fraction of sp³-hybridized carbons (Fsp3) is 0.842. The number of ketones is 1. The highest BCUT2D eigenvalue weighted by atomic mass is 35.5. The van der Waals surface area contributed by atoms with Crippen molar-refractivity contribution in [3.63, 3.8) is 0 Å². The molecule has 0 bridgehead atoms. The Kier molecular flexibility index (Phi) is 3.34. The van der Waals surface area contributed by atoms with Crippen LogP contribution in [0.5, 0.6) is 0 Å². The van der Waals surface area contributed by atoms with Crippen LogP contribution in [0.3, 0.4) is 0 Å². The Morgan fingerprint density at radius 2 is 1.91 bits per heavy atom. The Hall–Kier alpha value is -0.340. The highest BCUT2D eigenvalue weighted by Gasteiger charge is 2.59. The van der Waals surface area contributed by atoms with Crippen LogP contribution in [0.15, 0.2) is 11.1 Å². The second-order valence-corrected chi connectivity index (χ2v) is 9.18. The Bertz CT molecular complexity index is 542. The van der Waals surface area contributed by atoms with Gasteiger partial charge in [-0.25, -0.2) is 0 Å². The lowest BCUT2D eigenvalue weighted by atomic mass is 9.46. The predicted molar refractivity (Wildman–Crippen MR) is 87.4 cm³/mol. The Morgan fingerprint density at radius 1 is 1.14 bits per heavy atom. The molecule has 0 heterocycles. The van der Waals surface area contributed by atoms with Gasteiger partial charge in [-0.05, 0) is 73.0 Å². The quantitative estimate of drug-likeness (QED) is 0.722. The van der Waals surface area contributed by atoms with Gasteiger partial charge in [0.2, 0.25) is 0 Å². The van der Waals surface area contributed by atoms with E-state index < -0.39 is 0 Å². The molecule has 0 spiro atoms. The highest BCUT2D eigenvalue weighted by Crippen LogP contribution is 2.65. The maximum absolute atomic E-state index is 12.0. The molecular formula is C19H27ClO2. The summed E-state index contributed by atoms with van der Waals surface area (Å²) in [7, 11) is 0. The Labute approximate surface area is 138 Å². The minimum Gasteiger partial charge on any atom is -0.393 e. The zero-order valence-corrected chi connectivity index (χ0v) is 14.4. The topological polar surface area (TPSA) is 37.3 Å². The maximum Gasteiger partial charge on any atom is 0.174 e. The molecule has 1 N–H and O–H groups in total. The van der Waals surface area contributed by atoms with Crippen molar-refractivity contribution in [2.24, 2.45) is 34.5 Å². The number of hydrogen-bond acceptors (Lipinski definition) is 2. The molecule has 0 aromatic heterocycles. The molecule has 4 rings (SSSR count). The first-order valence-corrected chi connectivity index (χ1v) is 9.33. The first-order chi connectivity index (χ1) is 10.4. The molecule has 3 heteroatoms. The summed E-state index contributed by atoms with van der Waals surface area (Å²) in [6.45, 7) is 4.66. The van der Waals surface area contributed by atoms with Crippen molar-refractivity contribution in [3.05, 3.63) is 11.1 Å². The van der Waals surface area contributed by atoms with Gasteiger partial charge in [-0.3, -0.25) is 4.79 Å². The second kappa shape index (κ2) is 4.83. The molecule has 7 atom stereocenters. The van der Waals surface area contributed by atoms with Gasteiger partial charge in [-0.1, -0.05) is 31.5 Å². The summed E-state index contributed by atoms with van der Waals surface area (Å²) >= 11 is 6.24. The lowest BCUT2D eigenvalue weighted by Crippen LogP contribution is -2.53. The number of rotatable bonds is 0. The largest absolute Gasteiger partial charge is 0.393 e. The minimum atomic E-state index is -0.115. The third kappa shape index (κ3) is 1.86. The molecule has 0 aromatic carbocycles. The van der Waals surface area contributed by atoms with E-state index in [1.165, 1.54) is 19.3 Å². The van der Waals surface area contributed by atoms with Gasteiger partial charge in [0.05, 0.1) is 11.1 Å². The summed E-state index contributed by atoms with van der Waals surface area (Å²) < 4.78 is 0. The number of carbonyl (C=O) groups is 1. The number of aliphatic hydroxyl groups excluding tert-OH is 1. The van der Waals surface area contributed by atoms with Crippen molar-refractivity contribution < 1.29 is 9.90 Å². The van der Waals surface area contributed by atoms with Crippen LogP contribution in [0.1, 0.15) is 58.8 Å². The first-order valence-electron chi connectivity index (χ1n) is 8.96. The van der Waals surface area contributed by atoms with Crippen LogP contribution < -0.4 is 0 Å². The zero-order valence-electron chi connectivity index (χ0n) is 13.6. The smallest absolute Gasteiger partial charge is 0.174 e. The molecule has 0 aromatic rings. The van der Waals surface area contributed by atoms with Gasteiger partial charge in [-0.15, -0.1) is 0 Å². The summed E-state index contributed by atoms with van der Waals surface area (Å²) in [5.41, 5.74) is 0.213. The molecular weight excluding hydrogens is 296 g/mol. The second-order valence-electron chi connectivity index (χ2n) is 8.77. The third-order valence-corrected chi connectivity index (χ3v) is 8.37. The third-order valence-electron chi connectivity index (χ3n) is 8.05. The monoisotopic (exact) mass is 322 g/mol. The van der Waals surface area contributed by atoms with Crippen LogP contribution in [-0.2, 0) is 4.79 Å². The van der Waals surface area contributed by atoms with Crippen LogP contribution in [0, 0.1) is 34.5 Å². The van der Waals surface area contributed by atoms with Gasteiger partial charge in [-0.2, -0.15) is 0 Å². The summed E-state index contributed by atoms with van der Waals surface area (Å²) in [6, 6.07) is 0. The summed E-state index contributed by atoms with van der Waals surface area (Å²) in [4.78, 5) is 12.0. The minimum absolute atomic E-state index is 0.0861. The average Bonchev–Trinajstić information content (AvgIpc) is 2.77. The lowest BCUT2D eigenvalue weighted by molar-refractivity contribution is -0.124. The molecule has 0 radical (unpaired) electrons. The van der Waals surface area contributed by atoms with Crippen LogP contribution in [0.4, 0.5) is 0 Å². The molecule has 4 aliphatic rings. The molecule has 2 nitrogen and oxygen atoms in total. The van der Waals surface area contributed by atoms with Crippen LogP contribution in [-0.4, -0.2) is 17.0 Å². The van der Waals surface area contributed by atoms with E-state index in [9.17, 15) is 9.90 Å². The summed E-state index contributed by atoms with van der Waals surface area (Å²) in [5.74, 6) is 2.60. The number of Topliss-reactive ketones (excluding diaryl/α,β-unsaturated/α-hetero) is 1. The molecule has 3 fully saturated rings. The van der Waals surface area contributed by atoms with E-state index in [1.807, 2.05) is 0 Å². The molecule has 0 aliphatic heterocycles. The number of hydrogen-bond donors (Lipinski definition) is 1.